The summed E-state index contributed by atoms with van der Waals surface area (Å²) < 4.78 is 6.80. The number of aromatic hydroxyl groups is 2. The van der Waals surface area contributed by atoms with Crippen molar-refractivity contribution in [3.05, 3.63) is 78.4 Å². The Morgan fingerprint density at radius 3 is 2.03 bits per heavy atom. The maximum atomic E-state index is 12.1. The Bertz CT molecular complexity index is 1230. The summed E-state index contributed by atoms with van der Waals surface area (Å²) >= 11 is 0. The average molecular weight is 415 g/mol. The fourth-order valence-electron chi connectivity index (χ4n) is 3.13. The van der Waals surface area contributed by atoms with Gasteiger partial charge in [-0.3, -0.25) is 0 Å². The highest BCUT2D eigenvalue weighted by atomic mass is 16.5. The van der Waals surface area contributed by atoms with Gasteiger partial charge in [0.2, 0.25) is 0 Å². The first-order valence-corrected chi connectivity index (χ1v) is 9.79. The fraction of sp³-hybridized carbons (Fsp3) is 0.125. The number of ether oxygens (including phenoxy) is 1. The highest BCUT2D eigenvalue weighted by molar-refractivity contribution is 5.89. The van der Waals surface area contributed by atoms with Crippen LogP contribution in [-0.4, -0.2) is 37.1 Å². The Morgan fingerprint density at radius 2 is 1.45 bits per heavy atom. The van der Waals surface area contributed by atoms with Gasteiger partial charge in [-0.1, -0.05) is 24.3 Å². The number of carbonyl (C=O) groups is 1. The van der Waals surface area contributed by atoms with E-state index >= 15 is 0 Å². The minimum atomic E-state index is -0.407. The number of aromatic nitrogens is 3. The molecule has 0 radical (unpaired) electrons. The summed E-state index contributed by atoms with van der Waals surface area (Å²) in [5, 5.41) is 25.2. The smallest absolute Gasteiger partial charge is 0.338 e. The molecule has 2 N–H and O–H groups in total. The zero-order chi connectivity index (χ0) is 22.0. The summed E-state index contributed by atoms with van der Waals surface area (Å²) in [5.41, 5.74) is 2.01. The quantitative estimate of drug-likeness (QED) is 0.463. The molecule has 4 rings (SSSR count). The van der Waals surface area contributed by atoms with E-state index in [2.05, 4.69) is 10.1 Å². The summed E-state index contributed by atoms with van der Waals surface area (Å²) in [6.45, 7) is 3.58. The van der Waals surface area contributed by atoms with Crippen LogP contribution in [0.1, 0.15) is 24.2 Å². The molecular formula is C24H21N3O4. The van der Waals surface area contributed by atoms with E-state index in [1.54, 1.807) is 91.3 Å². The molecule has 0 saturated heterocycles. The average Bonchev–Trinajstić information content (AvgIpc) is 3.19. The normalized spacial score (nSPS) is 10.9. The van der Waals surface area contributed by atoms with Gasteiger partial charge in [-0.25, -0.2) is 14.5 Å². The van der Waals surface area contributed by atoms with Gasteiger partial charge in [0, 0.05) is 0 Å². The summed E-state index contributed by atoms with van der Waals surface area (Å²) in [6, 6.07) is 20.3. The van der Waals surface area contributed by atoms with Crippen molar-refractivity contribution >= 4 is 5.97 Å². The van der Waals surface area contributed by atoms with Crippen molar-refractivity contribution < 1.29 is 19.7 Å². The van der Waals surface area contributed by atoms with E-state index in [4.69, 9.17) is 4.74 Å². The highest BCUT2D eigenvalue weighted by Gasteiger charge is 2.19. The number of para-hydroxylation sites is 2. The molecule has 7 heteroatoms. The number of carbonyl (C=O) groups excluding carboxylic acids is 1. The number of nitrogens with zero attached hydrogens (tertiary/aromatic N) is 3. The third kappa shape index (κ3) is 4.11. The van der Waals surface area contributed by atoms with Crippen LogP contribution >= 0.6 is 0 Å². The first-order chi connectivity index (χ1) is 14.9. The highest BCUT2D eigenvalue weighted by Crippen LogP contribution is 2.33. The van der Waals surface area contributed by atoms with Gasteiger partial charge in [-0.2, -0.15) is 0 Å². The lowest BCUT2D eigenvalue weighted by atomic mass is 10.1. The van der Waals surface area contributed by atoms with Gasteiger partial charge in [-0.15, -0.1) is 5.10 Å². The number of rotatable bonds is 5. The number of benzene rings is 3. The third-order valence-corrected chi connectivity index (χ3v) is 4.59. The molecule has 0 spiro atoms. The van der Waals surface area contributed by atoms with Gasteiger partial charge in [0.05, 0.1) is 28.5 Å². The number of phenolic OH excluding ortho intramolecular Hbond substituents is 2. The number of hydrogen-bond acceptors (Lipinski definition) is 6. The zero-order valence-electron chi connectivity index (χ0n) is 17.1. The molecule has 1 heterocycles. The second kappa shape index (κ2) is 8.31. The molecule has 0 unspecified atom stereocenters. The van der Waals surface area contributed by atoms with Gasteiger partial charge in [0.25, 0.3) is 0 Å². The van der Waals surface area contributed by atoms with Crippen LogP contribution in [-0.2, 0) is 4.74 Å². The molecule has 0 aliphatic rings. The Kier molecular flexibility index (Phi) is 5.41. The van der Waals surface area contributed by atoms with Gasteiger partial charge < -0.3 is 14.9 Å². The van der Waals surface area contributed by atoms with Gasteiger partial charge >= 0.3 is 5.97 Å². The monoisotopic (exact) mass is 415 g/mol. The molecule has 156 valence electrons. The molecule has 3 aromatic carbocycles. The predicted molar refractivity (Wildman–Crippen MR) is 116 cm³/mol. The number of phenols is 2. The predicted octanol–water partition coefficient (Wildman–Crippen LogP) is 4.58. The van der Waals surface area contributed by atoms with Crippen molar-refractivity contribution in [2.24, 2.45) is 0 Å². The van der Waals surface area contributed by atoms with Gasteiger partial charge in [-0.05, 0) is 62.4 Å². The Balaban J connectivity index is 1.82. The topological polar surface area (TPSA) is 97.5 Å². The molecule has 4 aromatic rings. The molecule has 0 aliphatic heterocycles. The van der Waals surface area contributed by atoms with Crippen molar-refractivity contribution in [2.45, 2.75) is 20.0 Å². The lowest BCUT2D eigenvalue weighted by Crippen LogP contribution is -2.11. The van der Waals surface area contributed by atoms with Crippen molar-refractivity contribution in [2.75, 3.05) is 0 Å². The SMILES string of the molecule is CC(C)OC(=O)c1ccc(-n2nc(-c3ccccc3O)nc2-c2ccccc2O)cc1. The van der Waals surface area contributed by atoms with E-state index in [-0.39, 0.29) is 17.6 Å². The first kappa shape index (κ1) is 20.2. The van der Waals surface area contributed by atoms with E-state index in [0.29, 0.717) is 34.0 Å². The molecular weight excluding hydrogens is 394 g/mol. The maximum absolute atomic E-state index is 12.1. The van der Waals surface area contributed by atoms with Crippen molar-refractivity contribution in [1.82, 2.24) is 14.8 Å². The molecule has 0 aliphatic carbocycles. The standard InChI is InChI=1S/C24H21N3O4/c1-15(2)31-24(30)16-11-13-17(14-12-16)27-23(19-8-4-6-10-21(19)29)25-22(26-27)18-7-3-5-9-20(18)28/h3-15,28-29H,1-2H3. The molecule has 0 saturated carbocycles. The number of hydrogen-bond donors (Lipinski definition) is 2. The van der Waals surface area contributed by atoms with Crippen LogP contribution < -0.4 is 0 Å². The summed E-state index contributed by atoms with van der Waals surface area (Å²) in [5.74, 6) is 0.400. The Labute approximate surface area is 179 Å². The van der Waals surface area contributed by atoms with Crippen LogP contribution in [0.5, 0.6) is 11.5 Å². The Hall–Kier alpha value is -4.13. The van der Waals surface area contributed by atoms with E-state index in [1.165, 1.54) is 0 Å². The van der Waals surface area contributed by atoms with Crippen LogP contribution in [0.3, 0.4) is 0 Å². The second-order valence-corrected chi connectivity index (χ2v) is 7.21. The van der Waals surface area contributed by atoms with E-state index in [9.17, 15) is 15.0 Å². The van der Waals surface area contributed by atoms with Crippen LogP contribution in [0.2, 0.25) is 0 Å². The maximum Gasteiger partial charge on any atom is 0.338 e. The summed E-state index contributed by atoms with van der Waals surface area (Å²) in [4.78, 5) is 16.7. The fourth-order valence-corrected chi connectivity index (χ4v) is 3.13. The summed E-state index contributed by atoms with van der Waals surface area (Å²) in [7, 11) is 0. The minimum Gasteiger partial charge on any atom is -0.507 e. The second-order valence-electron chi connectivity index (χ2n) is 7.21. The molecule has 0 atom stereocenters. The minimum absolute atomic E-state index is 0.0512. The lowest BCUT2D eigenvalue weighted by Gasteiger charge is -2.10. The van der Waals surface area contributed by atoms with Gasteiger partial charge in [0.1, 0.15) is 11.5 Å². The zero-order valence-corrected chi connectivity index (χ0v) is 17.1. The largest absolute Gasteiger partial charge is 0.507 e. The van der Waals surface area contributed by atoms with E-state index in [1.807, 2.05) is 0 Å². The van der Waals surface area contributed by atoms with Crippen LogP contribution in [0, 0.1) is 0 Å². The van der Waals surface area contributed by atoms with Crippen molar-refractivity contribution in [1.29, 1.82) is 0 Å². The van der Waals surface area contributed by atoms with Crippen LogP contribution in [0.25, 0.3) is 28.5 Å². The van der Waals surface area contributed by atoms with Crippen LogP contribution in [0.15, 0.2) is 72.8 Å². The lowest BCUT2D eigenvalue weighted by molar-refractivity contribution is 0.0378. The molecule has 0 fully saturated rings. The first-order valence-electron chi connectivity index (χ1n) is 9.79. The van der Waals surface area contributed by atoms with Crippen molar-refractivity contribution in [3.63, 3.8) is 0 Å². The van der Waals surface area contributed by atoms with Crippen molar-refractivity contribution in [3.8, 4) is 40.0 Å². The van der Waals surface area contributed by atoms with Crippen LogP contribution in [0.4, 0.5) is 0 Å². The van der Waals surface area contributed by atoms with E-state index < -0.39 is 5.97 Å². The molecule has 7 nitrogen and oxygen atoms in total. The molecule has 0 amide bonds. The molecule has 0 bridgehead atoms. The van der Waals surface area contributed by atoms with Gasteiger partial charge in [0.15, 0.2) is 11.6 Å². The number of esters is 1. The molecule has 31 heavy (non-hydrogen) atoms. The summed E-state index contributed by atoms with van der Waals surface area (Å²) in [6.07, 6.45) is -0.212. The third-order valence-electron chi connectivity index (χ3n) is 4.59. The molecule has 1 aromatic heterocycles. The van der Waals surface area contributed by atoms with E-state index in [0.717, 1.165) is 0 Å². The Morgan fingerprint density at radius 1 is 0.871 bits per heavy atom.